The fourth-order valence-corrected chi connectivity index (χ4v) is 2.08. The molecule has 106 valence electrons. The summed E-state index contributed by atoms with van der Waals surface area (Å²) < 4.78 is 19.4. The molecule has 20 heavy (non-hydrogen) atoms. The van der Waals surface area contributed by atoms with E-state index in [2.05, 4.69) is 9.84 Å². The Morgan fingerprint density at radius 1 is 1.30 bits per heavy atom. The third kappa shape index (κ3) is 7.15. The van der Waals surface area contributed by atoms with Crippen LogP contribution in [0.1, 0.15) is 13.8 Å². The fraction of sp³-hybridized carbons (Fsp3) is 0.875. The number of aliphatic hydroxyl groups is 2. The van der Waals surface area contributed by atoms with Crippen molar-refractivity contribution in [1.29, 1.82) is 0 Å². The van der Waals surface area contributed by atoms with E-state index in [1.165, 1.54) is 6.92 Å². The van der Waals surface area contributed by atoms with Crippen LogP contribution < -0.4 is 74.2 Å². The van der Waals surface area contributed by atoms with Gasteiger partial charge in [0.05, 0.1) is 20.0 Å². The topological polar surface area (TPSA) is 151 Å². The normalized spacial score (nSPS) is 33.6. The van der Waals surface area contributed by atoms with Crippen molar-refractivity contribution in [1.82, 2.24) is 5.32 Å². The molecule has 12 heteroatoms. The first-order valence-electron chi connectivity index (χ1n) is 5.11. The summed E-state index contributed by atoms with van der Waals surface area (Å²) in [6, 6.07) is -1.19. The number of aliphatic hydroxyl groups excluding tert-OH is 2. The van der Waals surface area contributed by atoms with Gasteiger partial charge in [-0.2, -0.15) is 0 Å². The fourth-order valence-electron chi connectivity index (χ4n) is 1.66. The van der Waals surface area contributed by atoms with Gasteiger partial charge in [0.15, 0.2) is 6.29 Å². The van der Waals surface area contributed by atoms with E-state index >= 15 is 0 Å². The Balaban J connectivity index is 0. The molecule has 1 heterocycles. The quantitative estimate of drug-likeness (QED) is 0.341. The van der Waals surface area contributed by atoms with Crippen LogP contribution in [0.25, 0.3) is 0 Å². The van der Waals surface area contributed by atoms with Gasteiger partial charge in [-0.05, 0) is 6.92 Å². The molecule has 5 atom stereocenters. The molecular weight excluding hydrogens is 315 g/mol. The molecule has 0 aromatic rings. The Labute approximate surface area is 160 Å². The summed E-state index contributed by atoms with van der Waals surface area (Å²) in [7, 11) is -5.36. The van der Waals surface area contributed by atoms with Crippen molar-refractivity contribution in [3.8, 4) is 0 Å². The van der Waals surface area contributed by atoms with Gasteiger partial charge >= 0.3 is 59.1 Å². The van der Waals surface area contributed by atoms with Crippen LogP contribution in [0.15, 0.2) is 0 Å². The summed E-state index contributed by atoms with van der Waals surface area (Å²) in [5, 5.41) is 21.6. The van der Waals surface area contributed by atoms with Crippen molar-refractivity contribution >= 4 is 13.7 Å². The van der Waals surface area contributed by atoms with Crippen molar-refractivity contribution in [2.75, 3.05) is 0 Å². The van der Waals surface area contributed by atoms with Gasteiger partial charge in [0, 0.05) is 6.92 Å². The molecule has 1 amide bonds. The minimum absolute atomic E-state index is 0. The molecule has 1 fully saturated rings. The van der Waals surface area contributed by atoms with Crippen LogP contribution in [0.2, 0.25) is 0 Å². The van der Waals surface area contributed by atoms with E-state index < -0.39 is 44.4 Å². The van der Waals surface area contributed by atoms with E-state index in [4.69, 9.17) is 4.74 Å². The SMILES string of the molecule is CC(=O)N[C@@H]1[C@@H](O)[C@@H](OP(=O)([O-])[O-])O[C@H](C)[C@H]1O.[Na+].[Na+]. The zero-order chi connectivity index (χ0) is 14.1. The van der Waals surface area contributed by atoms with Crippen LogP contribution >= 0.6 is 7.82 Å². The largest absolute Gasteiger partial charge is 1.00 e. The van der Waals surface area contributed by atoms with Crippen LogP contribution in [0.4, 0.5) is 0 Å². The average Bonchev–Trinajstić information content (AvgIpc) is 2.18. The van der Waals surface area contributed by atoms with E-state index in [-0.39, 0.29) is 59.1 Å². The number of amides is 1. The standard InChI is InChI=1S/C8H16NO8P.2Na/c1-3-6(11)5(9-4(2)10)7(12)8(16-3)17-18(13,14)15;;/h3,5-8,11-12H,1-2H3,(H,9,10)(H2,13,14,15);;/q;2*+1/p-2/t3-,5+,6-,7-,8-;;/m1../s1. The number of carbonyl (C=O) groups excluding carboxylic acids is 1. The molecule has 0 aromatic carbocycles. The first-order chi connectivity index (χ1) is 8.11. The molecule has 3 N–H and O–H groups in total. The third-order valence-electron chi connectivity index (χ3n) is 2.45. The number of phosphoric acid groups is 1. The summed E-state index contributed by atoms with van der Waals surface area (Å²) in [4.78, 5) is 31.9. The minimum atomic E-state index is -5.36. The molecule has 0 spiro atoms. The van der Waals surface area contributed by atoms with E-state index in [1.807, 2.05) is 0 Å². The molecule has 0 saturated carbocycles. The van der Waals surface area contributed by atoms with Crippen molar-refractivity contribution in [2.45, 2.75) is 44.5 Å². The second-order valence-corrected chi connectivity index (χ2v) is 5.07. The van der Waals surface area contributed by atoms with Gasteiger partial charge in [0.25, 0.3) is 0 Å². The summed E-state index contributed by atoms with van der Waals surface area (Å²) in [6.45, 7) is 2.53. The monoisotopic (exact) mass is 329 g/mol. The predicted octanol–water partition coefficient (Wildman–Crippen LogP) is -9.19. The molecule has 1 rings (SSSR count). The Kier molecular flexibility index (Phi) is 11.3. The molecule has 9 nitrogen and oxygen atoms in total. The number of hydrogen-bond acceptors (Lipinski definition) is 8. The van der Waals surface area contributed by atoms with E-state index in [0.29, 0.717) is 0 Å². The van der Waals surface area contributed by atoms with Gasteiger partial charge < -0.3 is 39.1 Å². The number of hydrogen-bond donors (Lipinski definition) is 3. The zero-order valence-corrected chi connectivity index (χ0v) is 16.6. The van der Waals surface area contributed by atoms with Crippen molar-refractivity contribution < 1.29 is 97.7 Å². The molecular formula is C8H14NNa2O8P. The first kappa shape index (κ1) is 23.7. The minimum Gasteiger partial charge on any atom is -0.790 e. The van der Waals surface area contributed by atoms with Gasteiger partial charge in [0.2, 0.25) is 5.91 Å². The van der Waals surface area contributed by atoms with Crippen LogP contribution in [-0.2, 0) is 18.6 Å². The smallest absolute Gasteiger partial charge is 0.790 e. The maximum atomic E-state index is 10.9. The van der Waals surface area contributed by atoms with Gasteiger partial charge in [-0.25, -0.2) is 0 Å². The average molecular weight is 329 g/mol. The van der Waals surface area contributed by atoms with Crippen LogP contribution in [-0.4, -0.2) is 46.8 Å². The van der Waals surface area contributed by atoms with Crippen molar-refractivity contribution in [3.05, 3.63) is 0 Å². The van der Waals surface area contributed by atoms with E-state index in [0.717, 1.165) is 6.92 Å². The Hall–Kier alpha value is 1.46. The summed E-state index contributed by atoms with van der Waals surface area (Å²) in [5.74, 6) is -0.543. The molecule has 1 aliphatic rings. The number of rotatable bonds is 3. The van der Waals surface area contributed by atoms with Crippen molar-refractivity contribution in [2.24, 2.45) is 0 Å². The van der Waals surface area contributed by atoms with Gasteiger partial charge in [-0.3, -0.25) is 4.79 Å². The van der Waals surface area contributed by atoms with Crippen LogP contribution in [0, 0.1) is 0 Å². The summed E-state index contributed by atoms with van der Waals surface area (Å²) >= 11 is 0. The van der Waals surface area contributed by atoms with Crippen molar-refractivity contribution in [3.63, 3.8) is 0 Å². The van der Waals surface area contributed by atoms with Crippen LogP contribution in [0.3, 0.4) is 0 Å². The van der Waals surface area contributed by atoms with E-state index in [9.17, 15) is 29.4 Å². The molecule has 0 aromatic heterocycles. The Morgan fingerprint density at radius 2 is 1.80 bits per heavy atom. The zero-order valence-electron chi connectivity index (χ0n) is 11.7. The maximum absolute atomic E-state index is 10.9. The van der Waals surface area contributed by atoms with E-state index in [1.54, 1.807) is 0 Å². The molecule has 0 unspecified atom stereocenters. The number of ether oxygens (including phenoxy) is 1. The number of carbonyl (C=O) groups is 1. The first-order valence-corrected chi connectivity index (χ1v) is 6.57. The maximum Gasteiger partial charge on any atom is 1.00 e. The molecule has 0 radical (unpaired) electrons. The second-order valence-electron chi connectivity index (χ2n) is 3.97. The predicted molar refractivity (Wildman–Crippen MR) is 52.6 cm³/mol. The Bertz CT molecular complexity index is 366. The Morgan fingerprint density at radius 3 is 2.20 bits per heavy atom. The second kappa shape index (κ2) is 9.57. The summed E-state index contributed by atoms with van der Waals surface area (Å²) in [5.41, 5.74) is 0. The van der Waals surface area contributed by atoms with Gasteiger partial charge in [-0.15, -0.1) is 0 Å². The molecule has 0 bridgehead atoms. The molecule has 1 aliphatic heterocycles. The van der Waals surface area contributed by atoms with Crippen LogP contribution in [0.5, 0.6) is 0 Å². The molecule has 0 aliphatic carbocycles. The number of nitrogens with one attached hydrogen (secondary N) is 1. The summed E-state index contributed by atoms with van der Waals surface area (Å²) in [6.07, 6.45) is -5.64. The molecule has 1 saturated heterocycles. The third-order valence-corrected chi connectivity index (χ3v) is 2.91. The van der Waals surface area contributed by atoms with Gasteiger partial charge in [-0.1, -0.05) is 0 Å². The van der Waals surface area contributed by atoms with Gasteiger partial charge in [0.1, 0.15) is 12.2 Å². The number of phosphoric ester groups is 1.